The van der Waals surface area contributed by atoms with Gasteiger partial charge in [-0.05, 0) is 73.7 Å². The molecule has 0 saturated carbocycles. The number of azo groups is 1. The van der Waals surface area contributed by atoms with Crippen LogP contribution in [0.25, 0.3) is 0 Å². The SMILES string of the molecule is O=Cc1ccc(N=Nc2ccc(C(=O)Cl)cc2N2CCCC2)c(N2CCCC2)c1. The molecule has 2 aromatic carbocycles. The molecule has 0 amide bonds. The number of carbonyl (C=O) groups excluding carboxylic acids is 2. The van der Waals surface area contributed by atoms with Gasteiger partial charge in [0.05, 0.1) is 11.4 Å². The molecule has 0 radical (unpaired) electrons. The first-order valence-corrected chi connectivity index (χ1v) is 10.4. The van der Waals surface area contributed by atoms with Crippen molar-refractivity contribution in [1.29, 1.82) is 0 Å². The summed E-state index contributed by atoms with van der Waals surface area (Å²) in [7, 11) is 0. The number of anilines is 2. The number of hydrogen-bond acceptors (Lipinski definition) is 6. The first kappa shape index (κ1) is 19.6. The van der Waals surface area contributed by atoms with E-state index in [2.05, 4.69) is 20.0 Å². The molecule has 2 saturated heterocycles. The second kappa shape index (κ2) is 8.74. The Balaban J connectivity index is 1.70. The molecular formula is C22H23ClN4O2. The first-order valence-electron chi connectivity index (χ1n) is 10.0. The zero-order chi connectivity index (χ0) is 20.2. The molecule has 0 N–H and O–H groups in total. The van der Waals surface area contributed by atoms with Crippen molar-refractivity contribution in [1.82, 2.24) is 0 Å². The monoisotopic (exact) mass is 410 g/mol. The van der Waals surface area contributed by atoms with Gasteiger partial charge < -0.3 is 9.80 Å². The Hall–Kier alpha value is -2.73. The maximum Gasteiger partial charge on any atom is 0.252 e. The predicted molar refractivity (Wildman–Crippen MR) is 116 cm³/mol. The van der Waals surface area contributed by atoms with Crippen molar-refractivity contribution in [2.24, 2.45) is 10.2 Å². The molecule has 0 atom stereocenters. The standard InChI is InChI=1S/C22H23ClN4O2/c23-22(29)17-6-8-19(21(14-17)27-11-3-4-12-27)25-24-18-7-5-16(15-28)13-20(18)26-9-1-2-10-26/h5-8,13-15H,1-4,9-12H2. The highest BCUT2D eigenvalue weighted by Crippen LogP contribution is 2.37. The first-order chi connectivity index (χ1) is 14.2. The normalized spacial score (nSPS) is 16.7. The number of halogens is 1. The highest BCUT2D eigenvalue weighted by atomic mass is 35.5. The molecule has 2 aliphatic heterocycles. The van der Waals surface area contributed by atoms with Gasteiger partial charge in [-0.2, -0.15) is 0 Å². The maximum absolute atomic E-state index is 11.6. The molecule has 0 bridgehead atoms. The van der Waals surface area contributed by atoms with Crippen LogP contribution < -0.4 is 9.80 Å². The summed E-state index contributed by atoms with van der Waals surface area (Å²) in [5, 5.41) is 8.57. The molecule has 0 aliphatic carbocycles. The third-order valence-corrected chi connectivity index (χ3v) is 5.72. The van der Waals surface area contributed by atoms with E-state index in [0.29, 0.717) is 16.8 Å². The summed E-state index contributed by atoms with van der Waals surface area (Å²) in [6.07, 6.45) is 5.35. The largest absolute Gasteiger partial charge is 0.370 e. The van der Waals surface area contributed by atoms with Crippen LogP contribution in [0.5, 0.6) is 0 Å². The minimum Gasteiger partial charge on any atom is -0.370 e. The number of rotatable bonds is 6. The van der Waals surface area contributed by atoms with E-state index in [1.807, 2.05) is 12.1 Å². The van der Waals surface area contributed by atoms with Crippen molar-refractivity contribution < 1.29 is 9.59 Å². The number of carbonyl (C=O) groups is 2. The molecule has 4 rings (SSSR count). The highest BCUT2D eigenvalue weighted by molar-refractivity contribution is 6.67. The Labute approximate surface area is 175 Å². The average Bonchev–Trinajstić information content (AvgIpc) is 3.46. The lowest BCUT2D eigenvalue weighted by atomic mass is 10.1. The van der Waals surface area contributed by atoms with Crippen LogP contribution in [0.2, 0.25) is 0 Å². The molecule has 2 aromatic rings. The highest BCUT2D eigenvalue weighted by Gasteiger charge is 2.19. The minimum absolute atomic E-state index is 0.459. The maximum atomic E-state index is 11.6. The molecule has 7 heteroatoms. The van der Waals surface area contributed by atoms with Gasteiger partial charge in [0.15, 0.2) is 0 Å². The lowest BCUT2D eigenvalue weighted by Crippen LogP contribution is -2.18. The number of hydrogen-bond donors (Lipinski definition) is 0. The second-order valence-electron chi connectivity index (χ2n) is 7.43. The van der Waals surface area contributed by atoms with Gasteiger partial charge in [0.1, 0.15) is 17.7 Å². The van der Waals surface area contributed by atoms with E-state index in [-0.39, 0.29) is 0 Å². The summed E-state index contributed by atoms with van der Waals surface area (Å²) in [5.41, 5.74) is 4.35. The lowest BCUT2D eigenvalue weighted by molar-refractivity contribution is 0.108. The Kier molecular flexibility index (Phi) is 5.90. The summed E-state index contributed by atoms with van der Waals surface area (Å²) in [6.45, 7) is 3.76. The summed E-state index contributed by atoms with van der Waals surface area (Å²) in [5.74, 6) is 0. The molecule has 6 nitrogen and oxygen atoms in total. The van der Waals surface area contributed by atoms with E-state index in [1.54, 1.807) is 24.3 Å². The van der Waals surface area contributed by atoms with E-state index in [9.17, 15) is 9.59 Å². The van der Waals surface area contributed by atoms with Gasteiger partial charge in [-0.15, -0.1) is 10.2 Å². The van der Waals surface area contributed by atoms with Crippen molar-refractivity contribution in [3.05, 3.63) is 47.5 Å². The molecule has 0 aromatic heterocycles. The second-order valence-corrected chi connectivity index (χ2v) is 7.77. The Bertz CT molecular complexity index is 948. The van der Waals surface area contributed by atoms with Crippen LogP contribution in [0.15, 0.2) is 46.6 Å². The molecular weight excluding hydrogens is 388 g/mol. The zero-order valence-corrected chi connectivity index (χ0v) is 16.9. The van der Waals surface area contributed by atoms with E-state index < -0.39 is 5.24 Å². The quantitative estimate of drug-likeness (QED) is 0.358. The van der Waals surface area contributed by atoms with Gasteiger partial charge in [0.25, 0.3) is 5.24 Å². The summed E-state index contributed by atoms with van der Waals surface area (Å²) in [4.78, 5) is 27.3. The van der Waals surface area contributed by atoms with Gasteiger partial charge in [-0.1, -0.05) is 0 Å². The van der Waals surface area contributed by atoms with Crippen LogP contribution in [0.4, 0.5) is 22.7 Å². The fraction of sp³-hybridized carbons (Fsp3) is 0.364. The molecule has 0 unspecified atom stereocenters. The molecule has 2 fully saturated rings. The third kappa shape index (κ3) is 4.32. The van der Waals surface area contributed by atoms with Crippen LogP contribution in [-0.2, 0) is 0 Å². The summed E-state index contributed by atoms with van der Waals surface area (Å²) < 4.78 is 0. The number of benzene rings is 2. The van der Waals surface area contributed by atoms with Gasteiger partial charge in [-0.25, -0.2) is 0 Å². The fourth-order valence-corrected chi connectivity index (χ4v) is 4.08. The zero-order valence-electron chi connectivity index (χ0n) is 16.2. The van der Waals surface area contributed by atoms with E-state index in [1.165, 1.54) is 0 Å². The third-order valence-electron chi connectivity index (χ3n) is 5.50. The Morgan fingerprint density at radius 3 is 1.86 bits per heavy atom. The summed E-state index contributed by atoms with van der Waals surface area (Å²) in [6, 6.07) is 10.8. The van der Waals surface area contributed by atoms with Gasteiger partial charge >= 0.3 is 0 Å². The van der Waals surface area contributed by atoms with Gasteiger partial charge in [0.2, 0.25) is 0 Å². The van der Waals surface area contributed by atoms with Crippen molar-refractivity contribution >= 4 is 45.9 Å². The van der Waals surface area contributed by atoms with Crippen LogP contribution >= 0.6 is 11.6 Å². The van der Waals surface area contributed by atoms with Crippen LogP contribution in [0.1, 0.15) is 46.4 Å². The predicted octanol–water partition coefficient (Wildman–Crippen LogP) is 5.49. The smallest absolute Gasteiger partial charge is 0.252 e. The Morgan fingerprint density at radius 1 is 0.828 bits per heavy atom. The van der Waals surface area contributed by atoms with Gasteiger partial charge in [0, 0.05) is 37.3 Å². The Morgan fingerprint density at radius 2 is 1.34 bits per heavy atom. The van der Waals surface area contributed by atoms with Crippen LogP contribution in [0.3, 0.4) is 0 Å². The summed E-state index contributed by atoms with van der Waals surface area (Å²) >= 11 is 5.68. The van der Waals surface area contributed by atoms with Gasteiger partial charge in [-0.3, -0.25) is 9.59 Å². The molecule has 2 heterocycles. The fourth-order valence-electron chi connectivity index (χ4n) is 3.96. The molecule has 2 aliphatic rings. The number of nitrogens with zero attached hydrogens (tertiary/aromatic N) is 4. The molecule has 150 valence electrons. The van der Waals surface area contributed by atoms with Crippen molar-refractivity contribution in [2.45, 2.75) is 25.7 Å². The van der Waals surface area contributed by atoms with Crippen LogP contribution in [0, 0.1) is 0 Å². The van der Waals surface area contributed by atoms with E-state index in [4.69, 9.17) is 11.6 Å². The topological polar surface area (TPSA) is 65.3 Å². The minimum atomic E-state index is -0.477. The van der Waals surface area contributed by atoms with E-state index in [0.717, 1.165) is 75.2 Å². The van der Waals surface area contributed by atoms with Crippen LogP contribution in [-0.4, -0.2) is 37.7 Å². The number of aldehydes is 1. The van der Waals surface area contributed by atoms with Crippen molar-refractivity contribution in [3.8, 4) is 0 Å². The lowest BCUT2D eigenvalue weighted by Gasteiger charge is -2.21. The molecule has 29 heavy (non-hydrogen) atoms. The molecule has 0 spiro atoms. The average molecular weight is 411 g/mol. The van der Waals surface area contributed by atoms with Crippen molar-refractivity contribution in [2.75, 3.05) is 36.0 Å². The van der Waals surface area contributed by atoms with E-state index >= 15 is 0 Å². The van der Waals surface area contributed by atoms with Crippen molar-refractivity contribution in [3.63, 3.8) is 0 Å².